The van der Waals surface area contributed by atoms with Crippen LogP contribution in [0.15, 0.2) is 237 Å². The molecule has 0 atom stereocenters. The lowest BCUT2D eigenvalue weighted by Crippen LogP contribution is -2.10. The highest BCUT2D eigenvalue weighted by Gasteiger charge is 2.31. The minimum atomic E-state index is -0.656. The van der Waals surface area contributed by atoms with Gasteiger partial charge in [-0.3, -0.25) is 33.1 Å². The van der Waals surface area contributed by atoms with E-state index in [9.17, 15) is 64.2 Å². The number of aryl methyl sites for hydroxylation is 1. The van der Waals surface area contributed by atoms with Crippen LogP contribution >= 0.6 is 165 Å². The maximum Gasteiger partial charge on any atom is 0.439 e. The maximum absolute atomic E-state index is 12.5. The molecule has 630 valence electrons. The molecular formula is C85H54Br6N10O18S6. The monoisotopic (exact) mass is 2170 g/mol. The first-order valence-corrected chi connectivity index (χ1v) is 45.4. The topological polar surface area (TPSA) is 397 Å². The summed E-state index contributed by atoms with van der Waals surface area (Å²) in [6, 6.07) is 36.5. The number of benzene rings is 7. The number of carbonyl (C=O) groups excluding carboxylic acids is 5. The third-order valence-electron chi connectivity index (χ3n) is 18.2. The van der Waals surface area contributed by atoms with Gasteiger partial charge < -0.3 is 54.3 Å². The van der Waals surface area contributed by atoms with Crippen LogP contribution in [0.3, 0.4) is 0 Å². The van der Waals surface area contributed by atoms with E-state index in [4.69, 9.17) is 23.7 Å². The number of ether oxygens (including phenoxy) is 5. The molecule has 6 aliphatic rings. The number of phenols is 3. The summed E-state index contributed by atoms with van der Waals surface area (Å²) in [5.74, 6) is 2.00. The molecule has 12 heterocycles. The second-order valence-corrected chi connectivity index (χ2v) is 37.6. The lowest BCUT2D eigenvalue weighted by Gasteiger charge is -2.07. The number of aromatic nitrogens is 5. The van der Waals surface area contributed by atoms with Crippen molar-refractivity contribution in [3.8, 4) is 63.5 Å². The van der Waals surface area contributed by atoms with Crippen molar-refractivity contribution in [1.29, 1.82) is 0 Å². The number of hydrogen-bond donors (Lipinski definition) is 6. The Kier molecular flexibility index (Phi) is 27.8. The molecule has 0 saturated carbocycles. The summed E-state index contributed by atoms with van der Waals surface area (Å²) < 4.78 is 31.9. The van der Waals surface area contributed by atoms with Crippen molar-refractivity contribution in [3.05, 3.63) is 292 Å². The third kappa shape index (κ3) is 20.0. The van der Waals surface area contributed by atoms with E-state index in [1.165, 1.54) is 86.6 Å². The summed E-state index contributed by atoms with van der Waals surface area (Å²) in [7, 11) is 7.47. The van der Waals surface area contributed by atoms with E-state index in [1.54, 1.807) is 140 Å². The van der Waals surface area contributed by atoms with Crippen LogP contribution in [0, 0.1) is 6.92 Å². The van der Waals surface area contributed by atoms with Crippen LogP contribution in [0.5, 0.6) is 63.5 Å². The van der Waals surface area contributed by atoms with E-state index in [1.807, 2.05) is 49.4 Å². The number of nitrogens with zero attached hydrogens (tertiary/aromatic N) is 10. The summed E-state index contributed by atoms with van der Waals surface area (Å²) >= 11 is 27.8. The van der Waals surface area contributed by atoms with Gasteiger partial charge in [-0.05, 0) is 202 Å². The number of pyridine rings is 3. The fraction of sp³-hybridized carbons (Fsp3) is 0.0706. The number of ketones is 3. The van der Waals surface area contributed by atoms with Crippen LogP contribution in [0.2, 0.25) is 0 Å². The van der Waals surface area contributed by atoms with Crippen molar-refractivity contribution in [1.82, 2.24) is 24.1 Å². The summed E-state index contributed by atoms with van der Waals surface area (Å²) in [4.78, 5) is 107. The molecule has 0 fully saturated rings. The SMILES string of the molecule is COc1cc(/C=C2\Sc3ccccc3C2=O)c(Br)cc1O.COc1cc(/C=C2\Sc3ncc(C)cc3C2=O)c(Br)cc1O.COc1cc(/C=C2\Sc3ncccc3C2=O)c(Br)cc1O.Cn1c(O)c(C=c2cc3c(cc2Br)=NC(=O)O3)sc1=O.Cn1c(O)c(C=c2cc3c(cc2Br)=NN=N3)sc1=O.O=C1N=c2cc(Br)c(=Cc3sc4ncccc4c3O)cc2O1. The van der Waals surface area contributed by atoms with Crippen molar-refractivity contribution >= 4 is 247 Å². The van der Waals surface area contributed by atoms with Crippen molar-refractivity contribution in [2.24, 2.45) is 39.5 Å². The van der Waals surface area contributed by atoms with Gasteiger partial charge in [0.2, 0.25) is 29.1 Å². The highest BCUT2D eigenvalue weighted by Crippen LogP contribution is 2.46. The minimum Gasteiger partial charge on any atom is -0.506 e. The Morgan fingerprint density at radius 1 is 0.440 bits per heavy atom. The smallest absolute Gasteiger partial charge is 0.439 e. The highest BCUT2D eigenvalue weighted by molar-refractivity contribution is 9.11. The van der Waals surface area contributed by atoms with Crippen molar-refractivity contribution in [3.63, 3.8) is 0 Å². The van der Waals surface area contributed by atoms with Gasteiger partial charge in [0.25, 0.3) is 0 Å². The Labute approximate surface area is 779 Å². The third-order valence-corrected chi connectivity index (χ3v) is 28.4. The fourth-order valence-electron chi connectivity index (χ4n) is 11.9. The van der Waals surface area contributed by atoms with E-state index in [0.29, 0.717) is 114 Å². The standard InChI is InChI=1S/C16H12BrNO3S.C16H11BrO3S.C15H7BrN2O3S.C15H10BrNO3S.C12H7BrN2O4S.C11H7BrN4O2S/c1-8-3-10-15(20)14(22-16(10)18-7-8)5-9-4-13(21-2)12(19)6-11(9)17;1-20-13-6-9(11(17)8-12(13)18)7-15-16(19)10-4-2-3-5-14(10)21-15;16-9-6-10-11(21-15(20)18-10)4-7(9)5-12-13(19)8-2-1-3-17-14(8)22-12;1-20-12-5-8(10(16)7-11(12)18)6-13-14(19)9-3-2-4-17-15(9)21-13;1-15-10(16)9(20-12(15)18)3-5-2-8-7(4-6(5)13)14-11(17)19-8;1-16-10(17)9(19-11(16)18)3-5-2-7-8(4-6(5)12)14-15-13-7/h3-7,19H,1-2H3;2-8,18H,1H3;1-6,19H;2-7,18H,1H3;2-4,16H,1H3;2-4,17H,1H3/b14-5-;15-7-;;13-6-;;. The molecule has 0 bridgehead atoms. The van der Waals surface area contributed by atoms with Gasteiger partial charge >= 0.3 is 21.9 Å². The number of fused-ring (bicyclic) bond motifs is 7. The Bertz CT molecular complexity index is 7330. The average Bonchev–Trinajstić information content (AvgIpc) is 1.66. The molecular weight excluding hydrogens is 2120 g/mol. The number of carbonyl (C=O) groups is 5. The predicted octanol–water partition coefficient (Wildman–Crippen LogP) is 17.6. The van der Waals surface area contributed by atoms with Crippen LogP contribution in [0.25, 0.3) is 46.7 Å². The van der Waals surface area contributed by atoms with Gasteiger partial charge in [-0.1, -0.05) is 166 Å². The molecule has 6 aliphatic heterocycles. The molecule has 0 aliphatic carbocycles. The predicted molar refractivity (Wildman–Crippen MR) is 497 cm³/mol. The Morgan fingerprint density at radius 2 is 0.880 bits per heavy atom. The molecule has 19 rings (SSSR count). The first kappa shape index (κ1) is 90.0. The molecule has 28 nitrogen and oxygen atoms in total. The van der Waals surface area contributed by atoms with E-state index < -0.39 is 12.2 Å². The maximum atomic E-state index is 12.5. The van der Waals surface area contributed by atoms with Gasteiger partial charge in [-0.2, -0.15) is 9.98 Å². The number of aromatic hydroxyl groups is 6. The van der Waals surface area contributed by atoms with Gasteiger partial charge in [-0.25, -0.2) is 24.5 Å². The van der Waals surface area contributed by atoms with Crippen LogP contribution < -0.4 is 65.2 Å². The number of Topliss-reactive ketones (excluding diaryl/α,β-unsaturated/α-hetero) is 3. The molecule has 7 aromatic carbocycles. The van der Waals surface area contributed by atoms with Gasteiger partial charge in [-0.15, -0.1) is 21.6 Å². The normalized spacial score (nSPS) is 14.6. The molecule has 0 spiro atoms. The second-order valence-electron chi connectivity index (χ2n) is 26.3. The van der Waals surface area contributed by atoms with Gasteiger partial charge in [0.05, 0.1) is 67.2 Å². The van der Waals surface area contributed by atoms with Gasteiger partial charge in [0.1, 0.15) is 42.4 Å². The molecule has 2 amide bonds. The Hall–Kier alpha value is -11.3. The average molecular weight is 2180 g/mol. The minimum absolute atomic E-state index is 0.0227. The number of thiophene rings is 1. The number of rotatable bonds is 9. The Morgan fingerprint density at radius 3 is 1.36 bits per heavy atom. The van der Waals surface area contributed by atoms with E-state index in [2.05, 4.69) is 136 Å². The van der Waals surface area contributed by atoms with E-state index >= 15 is 0 Å². The first-order chi connectivity index (χ1) is 59.8. The Balaban J connectivity index is 0.000000122. The zero-order valence-corrected chi connectivity index (χ0v) is 79.0. The number of hydrogen-bond acceptors (Lipinski definition) is 30. The number of methoxy groups -OCH3 is 3. The van der Waals surface area contributed by atoms with E-state index in [0.717, 1.165) is 99.6 Å². The molecule has 40 heteroatoms. The van der Waals surface area contributed by atoms with Crippen molar-refractivity contribution in [2.75, 3.05) is 21.3 Å². The van der Waals surface area contributed by atoms with Crippen molar-refractivity contribution in [2.45, 2.75) is 21.9 Å². The molecule has 6 N–H and O–H groups in total. The molecule has 0 saturated heterocycles. The number of amides is 2. The van der Waals surface area contributed by atoms with Crippen LogP contribution in [0.4, 0.5) is 15.3 Å². The van der Waals surface area contributed by atoms with Crippen molar-refractivity contribution < 1.29 is 78.3 Å². The number of allylic oxidation sites excluding steroid dienone is 3. The summed E-state index contributed by atoms with van der Waals surface area (Å²) in [5.41, 5.74) is 5.92. The van der Waals surface area contributed by atoms with Crippen LogP contribution in [0.1, 0.15) is 68.0 Å². The quantitative estimate of drug-likeness (QED) is 0.0731. The number of thiazole rings is 2. The largest absolute Gasteiger partial charge is 0.506 e. The highest BCUT2D eigenvalue weighted by atomic mass is 79.9. The van der Waals surface area contributed by atoms with Crippen LogP contribution in [-0.4, -0.2) is 106 Å². The molecule has 6 aromatic heterocycles. The second kappa shape index (κ2) is 38.7. The molecule has 0 radical (unpaired) electrons. The molecule has 0 unspecified atom stereocenters. The molecule has 13 aromatic rings. The zero-order valence-electron chi connectivity index (χ0n) is 64.6. The number of halogens is 6. The lowest BCUT2D eigenvalue weighted by atomic mass is 10.1. The number of thioether (sulfide) groups is 3. The van der Waals surface area contributed by atoms with Gasteiger partial charge in [0.15, 0.2) is 46.0 Å². The van der Waals surface area contributed by atoms with E-state index in [-0.39, 0.29) is 61.9 Å². The summed E-state index contributed by atoms with van der Waals surface area (Å²) in [6.45, 7) is 1.91. The zero-order chi connectivity index (χ0) is 89.1. The first-order valence-electron chi connectivity index (χ1n) is 35.7. The summed E-state index contributed by atoms with van der Waals surface area (Å²) in [6.07, 6.45) is 14.4. The number of phenolic OH excluding ortho intramolecular Hbond substituents is 3. The van der Waals surface area contributed by atoms with Crippen LogP contribution in [-0.2, 0) is 14.1 Å². The lowest BCUT2D eigenvalue weighted by molar-refractivity contribution is 0.103. The summed E-state index contributed by atoms with van der Waals surface area (Å²) in [5, 5.41) is 76.5. The fourth-order valence-corrected chi connectivity index (χ4v) is 20.2. The molecule has 125 heavy (non-hydrogen) atoms. The van der Waals surface area contributed by atoms with Gasteiger partial charge in [0, 0.05) is 70.0 Å².